The first-order valence-corrected chi connectivity index (χ1v) is 20.2. The summed E-state index contributed by atoms with van der Waals surface area (Å²) in [5, 5.41) is 5.15. The minimum atomic E-state index is -0.0567. The van der Waals surface area contributed by atoms with E-state index in [1.165, 1.54) is 105 Å². The second-order valence-corrected chi connectivity index (χ2v) is 17.1. The summed E-state index contributed by atoms with van der Waals surface area (Å²) in [5.74, 6) is 0. The van der Waals surface area contributed by atoms with E-state index in [0.717, 1.165) is 12.8 Å². The largest absolute Gasteiger partial charge is 0.0836 e. The molecule has 0 fully saturated rings. The van der Waals surface area contributed by atoms with E-state index in [2.05, 4.69) is 198 Å². The smallest absolute Gasteiger partial charge is 0.0159 e. The van der Waals surface area contributed by atoms with Crippen LogP contribution in [0.5, 0.6) is 0 Å². The molecule has 0 heteroatoms. The quantitative estimate of drug-likeness (QED) is 0.159. The van der Waals surface area contributed by atoms with E-state index < -0.39 is 0 Å². The van der Waals surface area contributed by atoms with E-state index in [4.69, 9.17) is 0 Å². The van der Waals surface area contributed by atoms with Gasteiger partial charge in [0, 0.05) is 10.8 Å². The summed E-state index contributed by atoms with van der Waals surface area (Å²) in [6, 6.07) is 59.6. The van der Waals surface area contributed by atoms with Gasteiger partial charge in [0.2, 0.25) is 0 Å². The van der Waals surface area contributed by atoms with Crippen molar-refractivity contribution in [2.24, 2.45) is 0 Å². The van der Waals surface area contributed by atoms with Crippen molar-refractivity contribution < 1.29 is 0 Å². The summed E-state index contributed by atoms with van der Waals surface area (Å²) in [6.45, 7) is 9.61. The van der Waals surface area contributed by atoms with Gasteiger partial charge in [0.15, 0.2) is 0 Å². The third-order valence-electron chi connectivity index (χ3n) is 13.4. The molecule has 3 aliphatic rings. The molecule has 0 bridgehead atoms. The van der Waals surface area contributed by atoms with Crippen LogP contribution in [0.1, 0.15) is 62.8 Å². The lowest BCUT2D eigenvalue weighted by Crippen LogP contribution is -2.17. The Morgan fingerprint density at radius 2 is 0.911 bits per heavy atom. The van der Waals surface area contributed by atoms with Crippen LogP contribution in [0.2, 0.25) is 0 Å². The Labute approximate surface area is 330 Å². The third-order valence-corrected chi connectivity index (χ3v) is 13.4. The van der Waals surface area contributed by atoms with Gasteiger partial charge in [0.1, 0.15) is 0 Å². The fourth-order valence-corrected chi connectivity index (χ4v) is 10.5. The molecular weight excluding hydrogens is 673 g/mol. The van der Waals surface area contributed by atoms with Crippen LogP contribution in [0.15, 0.2) is 175 Å². The maximum atomic E-state index is 2.53. The Kier molecular flexibility index (Phi) is 7.18. The van der Waals surface area contributed by atoms with E-state index in [1.54, 1.807) is 5.57 Å². The number of hydrogen-bond acceptors (Lipinski definition) is 0. The van der Waals surface area contributed by atoms with Gasteiger partial charge in [-0.3, -0.25) is 0 Å². The van der Waals surface area contributed by atoms with Gasteiger partial charge in [0.05, 0.1) is 0 Å². The maximum absolute atomic E-state index is 2.53. The second kappa shape index (κ2) is 12.1. The lowest BCUT2D eigenvalue weighted by Gasteiger charge is -2.26. The van der Waals surface area contributed by atoms with Gasteiger partial charge in [-0.2, -0.15) is 0 Å². The Bertz CT molecular complexity index is 2980. The third kappa shape index (κ3) is 4.78. The van der Waals surface area contributed by atoms with Gasteiger partial charge in [-0.05, 0) is 136 Å². The molecule has 0 saturated heterocycles. The van der Waals surface area contributed by atoms with Gasteiger partial charge in [-0.1, -0.05) is 185 Å². The molecule has 0 unspecified atom stereocenters. The zero-order chi connectivity index (χ0) is 37.8. The standard InChI is InChI=1S/C56H44/c1-55(2)49-20-12-10-16-41(49)43-29-26-39(33-51(43)55)38-27-31-47-48(32-38)54(40-28-30-44-42-17-11-13-21-50(42)56(3,4)52(44)34-40)46-19-9-8-18-45(46)53(47)37-24-22-36(23-25-37)35-14-6-5-7-15-35/h5-12,14-20,22-34H,13,21H2,1-4H3. The first-order valence-electron chi connectivity index (χ1n) is 20.2. The highest BCUT2D eigenvalue weighted by Gasteiger charge is 2.38. The number of benzene rings is 8. The summed E-state index contributed by atoms with van der Waals surface area (Å²) in [6.07, 6.45) is 6.99. The van der Waals surface area contributed by atoms with Crippen molar-refractivity contribution in [2.45, 2.75) is 51.4 Å². The van der Waals surface area contributed by atoms with Gasteiger partial charge < -0.3 is 0 Å². The Morgan fingerprint density at radius 1 is 0.375 bits per heavy atom. The van der Waals surface area contributed by atoms with Crippen molar-refractivity contribution in [3.05, 3.63) is 198 Å². The Balaban J connectivity index is 1.16. The van der Waals surface area contributed by atoms with Crippen LogP contribution in [0, 0.1) is 0 Å². The molecule has 8 aromatic rings. The minimum absolute atomic E-state index is 0.00254. The van der Waals surface area contributed by atoms with Crippen LogP contribution in [0.4, 0.5) is 0 Å². The van der Waals surface area contributed by atoms with Gasteiger partial charge in [-0.15, -0.1) is 0 Å². The molecule has 11 rings (SSSR count). The predicted molar refractivity (Wildman–Crippen MR) is 239 cm³/mol. The van der Waals surface area contributed by atoms with Gasteiger partial charge in [0.25, 0.3) is 0 Å². The summed E-state index contributed by atoms with van der Waals surface area (Å²) < 4.78 is 0. The van der Waals surface area contributed by atoms with Crippen molar-refractivity contribution in [1.29, 1.82) is 0 Å². The zero-order valence-corrected chi connectivity index (χ0v) is 32.6. The molecule has 0 saturated carbocycles. The fourth-order valence-electron chi connectivity index (χ4n) is 10.5. The first-order chi connectivity index (χ1) is 27.3. The van der Waals surface area contributed by atoms with Crippen LogP contribution in [0.25, 0.3) is 82.8 Å². The van der Waals surface area contributed by atoms with Crippen molar-refractivity contribution >= 4 is 27.1 Å². The second-order valence-electron chi connectivity index (χ2n) is 17.1. The number of rotatable bonds is 4. The monoisotopic (exact) mass is 716 g/mol. The summed E-state index contributed by atoms with van der Waals surface area (Å²) >= 11 is 0. The molecule has 0 atom stereocenters. The summed E-state index contributed by atoms with van der Waals surface area (Å²) in [4.78, 5) is 0. The average molecular weight is 717 g/mol. The average Bonchev–Trinajstić information content (AvgIpc) is 3.62. The molecule has 0 amide bonds. The van der Waals surface area contributed by atoms with E-state index in [0.29, 0.717) is 0 Å². The first kappa shape index (κ1) is 33.1. The molecule has 0 N–H and O–H groups in total. The van der Waals surface area contributed by atoms with E-state index in [-0.39, 0.29) is 10.8 Å². The molecule has 0 aromatic heterocycles. The van der Waals surface area contributed by atoms with Crippen molar-refractivity contribution in [3.63, 3.8) is 0 Å². The lowest BCUT2D eigenvalue weighted by molar-refractivity contribution is 0.607. The van der Waals surface area contributed by atoms with Crippen LogP contribution >= 0.6 is 0 Å². The predicted octanol–water partition coefficient (Wildman–Crippen LogP) is 15.4. The molecule has 0 aliphatic heterocycles. The van der Waals surface area contributed by atoms with Crippen LogP contribution in [-0.2, 0) is 10.8 Å². The molecule has 8 aromatic carbocycles. The van der Waals surface area contributed by atoms with E-state index in [9.17, 15) is 0 Å². The van der Waals surface area contributed by atoms with Gasteiger partial charge in [-0.25, -0.2) is 0 Å². The molecule has 0 heterocycles. The fraction of sp³-hybridized carbons (Fsp3) is 0.143. The van der Waals surface area contributed by atoms with E-state index in [1.807, 2.05) is 0 Å². The van der Waals surface area contributed by atoms with Gasteiger partial charge >= 0.3 is 0 Å². The number of hydrogen-bond donors (Lipinski definition) is 0. The molecule has 56 heavy (non-hydrogen) atoms. The van der Waals surface area contributed by atoms with Crippen LogP contribution in [0.3, 0.4) is 0 Å². The normalized spacial score (nSPS) is 15.9. The highest BCUT2D eigenvalue weighted by molar-refractivity contribution is 6.22. The van der Waals surface area contributed by atoms with Crippen molar-refractivity contribution in [3.8, 4) is 55.6 Å². The zero-order valence-electron chi connectivity index (χ0n) is 32.6. The van der Waals surface area contributed by atoms with E-state index >= 15 is 0 Å². The lowest BCUT2D eigenvalue weighted by atomic mass is 9.77. The Hall–Kier alpha value is -6.24. The molecule has 0 nitrogen and oxygen atoms in total. The highest BCUT2D eigenvalue weighted by Crippen LogP contribution is 2.53. The molecule has 3 aliphatic carbocycles. The number of fused-ring (bicyclic) bond motifs is 7. The minimum Gasteiger partial charge on any atom is -0.0836 e. The topological polar surface area (TPSA) is 0 Å². The van der Waals surface area contributed by atoms with Crippen LogP contribution in [-0.4, -0.2) is 0 Å². The number of allylic oxidation sites excluding steroid dienone is 4. The maximum Gasteiger partial charge on any atom is 0.0159 e. The Morgan fingerprint density at radius 3 is 1.71 bits per heavy atom. The van der Waals surface area contributed by atoms with Crippen LogP contribution < -0.4 is 0 Å². The molecule has 0 spiro atoms. The SMILES string of the molecule is CC1(C)C2=C(C=CCC2)c2ccc(-c3c4ccccc4c(-c4ccc(-c5ccccc5)cc4)c4ccc(-c5ccc6c(c5)C(C)(C)c5ccccc5-6)cc34)cc21. The highest BCUT2D eigenvalue weighted by atomic mass is 14.4. The van der Waals surface area contributed by atoms with Crippen molar-refractivity contribution in [1.82, 2.24) is 0 Å². The van der Waals surface area contributed by atoms with Crippen molar-refractivity contribution in [2.75, 3.05) is 0 Å². The molecule has 268 valence electrons. The molecular formula is C56H44. The molecule has 0 radical (unpaired) electrons. The summed E-state index contributed by atoms with van der Waals surface area (Å²) in [5.41, 5.74) is 21.5. The summed E-state index contributed by atoms with van der Waals surface area (Å²) in [7, 11) is 0.